The fourth-order valence-electron chi connectivity index (χ4n) is 1.22. The fraction of sp³-hybridized carbons (Fsp3) is 0.667. The Morgan fingerprint density at radius 3 is 2.44 bits per heavy atom. The van der Waals surface area contributed by atoms with Crippen LogP contribution in [0.2, 0.25) is 0 Å². The van der Waals surface area contributed by atoms with Gasteiger partial charge in [0.25, 0.3) is 0 Å². The molecule has 90 valence electrons. The van der Waals surface area contributed by atoms with Crippen LogP contribution in [0.4, 0.5) is 0 Å². The van der Waals surface area contributed by atoms with Gasteiger partial charge < -0.3 is 10.2 Å². The predicted octanol–water partition coefficient (Wildman–Crippen LogP) is 2.55. The van der Waals surface area contributed by atoms with Crippen LogP contribution in [0.25, 0.3) is 0 Å². The van der Waals surface area contributed by atoms with Crippen molar-refractivity contribution in [2.75, 3.05) is 0 Å². The van der Waals surface area contributed by atoms with Gasteiger partial charge in [0.05, 0.1) is 0 Å². The van der Waals surface area contributed by atoms with Gasteiger partial charge >= 0.3 is 0 Å². The van der Waals surface area contributed by atoms with Crippen molar-refractivity contribution in [1.29, 1.82) is 5.41 Å². The minimum Gasteiger partial charge on any atom is -0.313 e. The smallest absolute Gasteiger partial charge is 0.245 e. The molecule has 0 bridgehead atoms. The van der Waals surface area contributed by atoms with E-state index < -0.39 is 0 Å². The second-order valence-corrected chi connectivity index (χ2v) is 3.61. The first-order valence-electron chi connectivity index (χ1n) is 5.79. The monoisotopic (exact) mass is 224 g/mol. The van der Waals surface area contributed by atoms with Crippen LogP contribution in [-0.2, 0) is 9.59 Å². The molecule has 16 heavy (non-hydrogen) atoms. The number of amides is 1. The molecule has 0 aromatic heterocycles. The van der Waals surface area contributed by atoms with Gasteiger partial charge in [-0.2, -0.15) is 0 Å². The third-order valence-corrected chi connectivity index (χ3v) is 2.13. The van der Waals surface area contributed by atoms with Crippen LogP contribution >= 0.6 is 0 Å². The molecule has 4 heteroatoms. The van der Waals surface area contributed by atoms with Crippen LogP contribution < -0.4 is 0 Å². The van der Waals surface area contributed by atoms with Gasteiger partial charge in [-0.3, -0.25) is 4.79 Å². The number of aliphatic imine (C=N–C) groups is 1. The fourth-order valence-corrected chi connectivity index (χ4v) is 1.22. The lowest BCUT2D eigenvalue weighted by Gasteiger charge is -1.94. The average Bonchev–Trinajstić information content (AvgIpc) is 2.29. The number of rotatable bonds is 10. The summed E-state index contributed by atoms with van der Waals surface area (Å²) in [6, 6.07) is 0. The molecule has 0 spiro atoms. The average molecular weight is 224 g/mol. The maximum absolute atomic E-state index is 11.2. The minimum absolute atomic E-state index is 0.0991. The number of hydrogen-bond acceptors (Lipinski definition) is 3. The normalized spacial score (nSPS) is 10.5. The van der Waals surface area contributed by atoms with Crippen molar-refractivity contribution in [2.45, 2.75) is 51.4 Å². The summed E-state index contributed by atoms with van der Waals surface area (Å²) in [5, 5.41) is 6.82. The van der Waals surface area contributed by atoms with Crippen LogP contribution in [-0.4, -0.2) is 24.6 Å². The quantitative estimate of drug-likeness (QED) is 0.352. The number of hydrogen-bond donors (Lipinski definition) is 1. The van der Waals surface area contributed by atoms with Gasteiger partial charge in [0.15, 0.2) is 0 Å². The lowest BCUT2D eigenvalue weighted by Crippen LogP contribution is -1.94. The Morgan fingerprint density at radius 1 is 1.06 bits per heavy atom. The van der Waals surface area contributed by atoms with Crippen LogP contribution in [0.15, 0.2) is 4.99 Å². The third-order valence-electron chi connectivity index (χ3n) is 2.13. The molecular formula is C12H20N2O2. The van der Waals surface area contributed by atoms with E-state index in [9.17, 15) is 9.59 Å². The highest BCUT2D eigenvalue weighted by atomic mass is 16.1. The van der Waals surface area contributed by atoms with E-state index in [0.29, 0.717) is 12.8 Å². The van der Waals surface area contributed by atoms with E-state index in [1.54, 1.807) is 6.21 Å². The first-order chi connectivity index (χ1) is 7.81. The summed E-state index contributed by atoms with van der Waals surface area (Å²) in [4.78, 5) is 25.0. The predicted molar refractivity (Wildman–Crippen MR) is 65.3 cm³/mol. The van der Waals surface area contributed by atoms with Crippen molar-refractivity contribution >= 4 is 24.6 Å². The maximum Gasteiger partial charge on any atom is 0.245 e. The Kier molecular flexibility index (Phi) is 10.8. The van der Waals surface area contributed by atoms with Crippen LogP contribution in [0.3, 0.4) is 0 Å². The second-order valence-electron chi connectivity index (χ2n) is 3.61. The Bertz CT molecular complexity index is 237. The summed E-state index contributed by atoms with van der Waals surface area (Å²) >= 11 is 0. The molecular weight excluding hydrogens is 204 g/mol. The lowest BCUT2D eigenvalue weighted by molar-refractivity contribution is -0.118. The van der Waals surface area contributed by atoms with Gasteiger partial charge in [0, 0.05) is 19.1 Å². The molecule has 0 saturated heterocycles. The van der Waals surface area contributed by atoms with Crippen molar-refractivity contribution in [2.24, 2.45) is 4.99 Å². The van der Waals surface area contributed by atoms with Crippen molar-refractivity contribution in [3.05, 3.63) is 0 Å². The molecule has 4 nitrogen and oxygen atoms in total. The zero-order valence-electron chi connectivity index (χ0n) is 9.65. The highest BCUT2D eigenvalue weighted by molar-refractivity contribution is 5.84. The van der Waals surface area contributed by atoms with Crippen LogP contribution in [0, 0.1) is 5.41 Å². The summed E-state index contributed by atoms with van der Waals surface area (Å²) in [5.74, 6) is -0.0991. The van der Waals surface area contributed by atoms with E-state index in [2.05, 4.69) is 4.99 Å². The molecule has 1 N–H and O–H groups in total. The number of carbonyl (C=O) groups excluding carboxylic acids is 2. The highest BCUT2D eigenvalue weighted by Crippen LogP contribution is 2.00. The lowest BCUT2D eigenvalue weighted by atomic mass is 10.2. The molecule has 0 aliphatic heterocycles. The highest BCUT2D eigenvalue weighted by Gasteiger charge is 1.97. The molecule has 0 heterocycles. The van der Waals surface area contributed by atoms with Crippen molar-refractivity contribution < 1.29 is 9.59 Å². The van der Waals surface area contributed by atoms with Gasteiger partial charge in [-0.25, -0.2) is 4.99 Å². The number of aldehydes is 1. The number of carbonyl (C=O) groups is 2. The molecule has 1 amide bonds. The zero-order valence-corrected chi connectivity index (χ0v) is 9.65. The van der Waals surface area contributed by atoms with E-state index in [1.807, 2.05) is 0 Å². The molecule has 0 fully saturated rings. The molecule has 0 radical (unpaired) electrons. The van der Waals surface area contributed by atoms with Crippen LogP contribution in [0.1, 0.15) is 51.4 Å². The van der Waals surface area contributed by atoms with Gasteiger partial charge in [-0.05, 0) is 44.7 Å². The molecule has 0 aliphatic rings. The van der Waals surface area contributed by atoms with E-state index in [4.69, 9.17) is 5.41 Å². The summed E-state index contributed by atoms with van der Waals surface area (Å²) in [5.41, 5.74) is 0. The largest absolute Gasteiger partial charge is 0.313 e. The van der Waals surface area contributed by atoms with Gasteiger partial charge in [0.1, 0.15) is 6.29 Å². The SMILES string of the molecule is N=CCCCCC=NC(=O)CCCCC=O. The van der Waals surface area contributed by atoms with Gasteiger partial charge in [0.2, 0.25) is 5.91 Å². The van der Waals surface area contributed by atoms with E-state index in [-0.39, 0.29) is 5.91 Å². The van der Waals surface area contributed by atoms with Crippen molar-refractivity contribution in [1.82, 2.24) is 0 Å². The third kappa shape index (κ3) is 10.8. The van der Waals surface area contributed by atoms with Gasteiger partial charge in [-0.1, -0.05) is 0 Å². The maximum atomic E-state index is 11.2. The molecule has 0 saturated carbocycles. The zero-order chi connectivity index (χ0) is 12.1. The second kappa shape index (κ2) is 11.8. The topological polar surface area (TPSA) is 70.3 Å². The van der Waals surface area contributed by atoms with E-state index in [1.165, 1.54) is 6.21 Å². The molecule has 0 aromatic rings. The summed E-state index contributed by atoms with van der Waals surface area (Å²) in [6.45, 7) is 0. The minimum atomic E-state index is -0.0991. The van der Waals surface area contributed by atoms with Gasteiger partial charge in [-0.15, -0.1) is 0 Å². The Morgan fingerprint density at radius 2 is 1.75 bits per heavy atom. The standard InChI is InChI=1S/C12H20N2O2/c13-9-5-1-2-6-10-14-12(16)8-4-3-7-11-15/h9-11,13H,1-8H2. The number of nitrogens with one attached hydrogen (secondary N) is 1. The Labute approximate surface area is 96.7 Å². The van der Waals surface area contributed by atoms with E-state index in [0.717, 1.165) is 44.8 Å². The van der Waals surface area contributed by atoms with Crippen molar-refractivity contribution in [3.63, 3.8) is 0 Å². The molecule has 0 atom stereocenters. The molecule has 0 rings (SSSR count). The summed E-state index contributed by atoms with van der Waals surface area (Å²) in [7, 11) is 0. The first kappa shape index (κ1) is 14.7. The Balaban J connectivity index is 3.36. The molecule has 0 aliphatic carbocycles. The Hall–Kier alpha value is -1.32. The summed E-state index contributed by atoms with van der Waals surface area (Å²) in [6.07, 6.45) is 9.94. The summed E-state index contributed by atoms with van der Waals surface area (Å²) < 4.78 is 0. The first-order valence-corrected chi connectivity index (χ1v) is 5.79. The number of unbranched alkanes of at least 4 members (excludes halogenated alkanes) is 5. The molecule has 0 unspecified atom stereocenters. The van der Waals surface area contributed by atoms with Crippen LogP contribution in [0.5, 0.6) is 0 Å². The van der Waals surface area contributed by atoms with E-state index >= 15 is 0 Å². The van der Waals surface area contributed by atoms with Crippen molar-refractivity contribution in [3.8, 4) is 0 Å². The molecule has 0 aromatic carbocycles. The number of nitrogens with zero attached hydrogens (tertiary/aromatic N) is 1.